The fourth-order valence-electron chi connectivity index (χ4n) is 2.16. The van der Waals surface area contributed by atoms with Crippen molar-refractivity contribution < 1.29 is 23.9 Å². The molecule has 0 aromatic heterocycles. The van der Waals surface area contributed by atoms with Crippen molar-refractivity contribution in [3.05, 3.63) is 54.1 Å². The Balaban J connectivity index is 1.96. The predicted octanol–water partition coefficient (Wildman–Crippen LogP) is 2.40. The minimum absolute atomic E-state index is 0.248. The Morgan fingerprint density at radius 3 is 1.93 bits per heavy atom. The lowest BCUT2D eigenvalue weighted by atomic mass is 10.2. The Labute approximate surface area is 155 Å². The first-order valence-electron chi connectivity index (χ1n) is 8.16. The van der Waals surface area contributed by atoms with Crippen LogP contribution in [0.3, 0.4) is 0 Å². The largest absolute Gasteiger partial charge is 0.462 e. The van der Waals surface area contributed by atoms with Gasteiger partial charge in [-0.2, -0.15) is 0 Å². The van der Waals surface area contributed by atoms with Gasteiger partial charge in [0, 0.05) is 24.0 Å². The molecule has 0 radical (unpaired) electrons. The second-order valence-corrected chi connectivity index (χ2v) is 5.47. The number of nitrogens with one attached hydrogen (secondary N) is 3. The summed E-state index contributed by atoms with van der Waals surface area (Å²) in [5.41, 5.74) is 1.55. The van der Waals surface area contributed by atoms with Crippen LogP contribution in [0.2, 0.25) is 0 Å². The van der Waals surface area contributed by atoms with Gasteiger partial charge in [0.2, 0.25) is 5.91 Å². The molecule has 8 heteroatoms. The lowest BCUT2D eigenvalue weighted by molar-refractivity contribution is -0.132. The molecule has 0 unspecified atom stereocenters. The molecule has 0 fully saturated rings. The second-order valence-electron chi connectivity index (χ2n) is 5.47. The Kier molecular flexibility index (Phi) is 6.65. The van der Waals surface area contributed by atoms with Crippen molar-refractivity contribution in [2.45, 2.75) is 13.8 Å². The molecule has 0 bridgehead atoms. The van der Waals surface area contributed by atoms with E-state index in [-0.39, 0.29) is 12.5 Å². The fourth-order valence-corrected chi connectivity index (χ4v) is 2.16. The van der Waals surface area contributed by atoms with E-state index < -0.39 is 17.8 Å². The van der Waals surface area contributed by atoms with Crippen molar-refractivity contribution in [2.24, 2.45) is 0 Å². The average molecular weight is 369 g/mol. The minimum Gasteiger partial charge on any atom is -0.462 e. The van der Waals surface area contributed by atoms with Crippen molar-refractivity contribution in [3.63, 3.8) is 0 Å². The van der Waals surface area contributed by atoms with Gasteiger partial charge in [-0.25, -0.2) is 4.79 Å². The molecule has 0 atom stereocenters. The van der Waals surface area contributed by atoms with E-state index in [1.165, 1.54) is 37.3 Å². The van der Waals surface area contributed by atoms with Crippen LogP contribution in [0.4, 0.5) is 17.1 Å². The Morgan fingerprint density at radius 2 is 1.37 bits per heavy atom. The molecule has 8 nitrogen and oxygen atoms in total. The number of carbonyl (C=O) groups is 4. The maximum atomic E-state index is 12.0. The normalized spacial score (nSPS) is 9.85. The summed E-state index contributed by atoms with van der Waals surface area (Å²) in [6.07, 6.45) is 0. The Morgan fingerprint density at radius 1 is 0.815 bits per heavy atom. The summed E-state index contributed by atoms with van der Waals surface area (Å²) in [7, 11) is 0. The zero-order chi connectivity index (χ0) is 19.8. The summed E-state index contributed by atoms with van der Waals surface area (Å²) in [5, 5.41) is 7.46. The number of carbonyl (C=O) groups excluding carboxylic acids is 4. The lowest BCUT2D eigenvalue weighted by Gasteiger charge is -2.09. The second kappa shape index (κ2) is 9.14. The van der Waals surface area contributed by atoms with Gasteiger partial charge in [0.15, 0.2) is 0 Å². The molecule has 0 aliphatic rings. The van der Waals surface area contributed by atoms with E-state index in [4.69, 9.17) is 4.74 Å². The van der Waals surface area contributed by atoms with Crippen LogP contribution in [-0.4, -0.2) is 30.3 Å². The summed E-state index contributed by atoms with van der Waals surface area (Å²) in [4.78, 5) is 46.7. The molecule has 27 heavy (non-hydrogen) atoms. The van der Waals surface area contributed by atoms with Crippen LogP contribution in [0, 0.1) is 0 Å². The van der Waals surface area contributed by atoms with Gasteiger partial charge in [-0.15, -0.1) is 0 Å². The van der Waals surface area contributed by atoms with Crippen LogP contribution < -0.4 is 16.0 Å². The number of benzene rings is 2. The smallest absolute Gasteiger partial charge is 0.338 e. The van der Waals surface area contributed by atoms with Gasteiger partial charge in [0.25, 0.3) is 0 Å². The van der Waals surface area contributed by atoms with E-state index in [1.54, 1.807) is 25.1 Å². The molecule has 3 N–H and O–H groups in total. The SMILES string of the molecule is CCOC(=O)c1ccc(NC(=O)C(=O)Nc2cccc(NC(C)=O)c2)cc1. The predicted molar refractivity (Wildman–Crippen MR) is 100 cm³/mol. The van der Waals surface area contributed by atoms with Gasteiger partial charge in [-0.3, -0.25) is 14.4 Å². The summed E-state index contributed by atoms with van der Waals surface area (Å²) in [6, 6.07) is 12.4. The van der Waals surface area contributed by atoms with Gasteiger partial charge >= 0.3 is 17.8 Å². The van der Waals surface area contributed by atoms with E-state index in [0.29, 0.717) is 22.6 Å². The first-order valence-corrected chi connectivity index (χ1v) is 8.16. The topological polar surface area (TPSA) is 114 Å². The van der Waals surface area contributed by atoms with Gasteiger partial charge in [-0.05, 0) is 49.4 Å². The van der Waals surface area contributed by atoms with Gasteiger partial charge in [0.05, 0.1) is 12.2 Å². The van der Waals surface area contributed by atoms with E-state index in [2.05, 4.69) is 16.0 Å². The summed E-state index contributed by atoms with van der Waals surface area (Å²) in [5.74, 6) is -2.46. The molecular formula is C19H19N3O5. The van der Waals surface area contributed by atoms with Gasteiger partial charge in [0.1, 0.15) is 0 Å². The van der Waals surface area contributed by atoms with Crippen molar-refractivity contribution in [3.8, 4) is 0 Å². The Hall–Kier alpha value is -3.68. The number of amides is 3. The summed E-state index contributed by atoms with van der Waals surface area (Å²) in [6.45, 7) is 3.34. The number of ether oxygens (including phenoxy) is 1. The number of hydrogen-bond donors (Lipinski definition) is 3. The highest BCUT2D eigenvalue weighted by Crippen LogP contribution is 2.15. The number of anilines is 3. The molecule has 0 spiro atoms. The highest BCUT2D eigenvalue weighted by molar-refractivity contribution is 6.43. The molecule has 0 aliphatic heterocycles. The van der Waals surface area contributed by atoms with E-state index >= 15 is 0 Å². The highest BCUT2D eigenvalue weighted by atomic mass is 16.5. The molecular weight excluding hydrogens is 350 g/mol. The quantitative estimate of drug-likeness (QED) is 0.553. The van der Waals surface area contributed by atoms with Crippen LogP contribution in [-0.2, 0) is 19.1 Å². The summed E-state index contributed by atoms with van der Waals surface area (Å²) < 4.78 is 4.87. The molecule has 0 aliphatic carbocycles. The van der Waals surface area contributed by atoms with Crippen molar-refractivity contribution >= 4 is 40.8 Å². The zero-order valence-corrected chi connectivity index (χ0v) is 14.9. The van der Waals surface area contributed by atoms with E-state index in [0.717, 1.165) is 0 Å². The standard InChI is InChI=1S/C19H19N3O5/c1-3-27-19(26)13-7-9-14(10-8-13)21-17(24)18(25)22-16-6-4-5-15(11-16)20-12(2)23/h4-11H,3H2,1-2H3,(H,20,23)(H,21,24)(H,22,25). The van der Waals surface area contributed by atoms with Crippen LogP contribution in [0.5, 0.6) is 0 Å². The molecule has 2 aromatic carbocycles. The van der Waals surface area contributed by atoms with Crippen LogP contribution >= 0.6 is 0 Å². The van der Waals surface area contributed by atoms with E-state index in [1.807, 2.05) is 0 Å². The first kappa shape index (κ1) is 19.6. The molecule has 0 saturated carbocycles. The van der Waals surface area contributed by atoms with Gasteiger partial charge < -0.3 is 20.7 Å². The van der Waals surface area contributed by atoms with Crippen molar-refractivity contribution in [1.82, 2.24) is 0 Å². The van der Waals surface area contributed by atoms with E-state index in [9.17, 15) is 19.2 Å². The monoisotopic (exact) mass is 369 g/mol. The minimum atomic E-state index is -0.871. The van der Waals surface area contributed by atoms with Crippen molar-refractivity contribution in [1.29, 1.82) is 0 Å². The van der Waals surface area contributed by atoms with Crippen LogP contribution in [0.1, 0.15) is 24.2 Å². The van der Waals surface area contributed by atoms with Crippen LogP contribution in [0.15, 0.2) is 48.5 Å². The molecule has 0 saturated heterocycles. The first-order chi connectivity index (χ1) is 12.9. The molecule has 0 heterocycles. The molecule has 140 valence electrons. The maximum absolute atomic E-state index is 12.0. The fraction of sp³-hybridized carbons (Fsp3) is 0.158. The molecule has 2 aromatic rings. The highest BCUT2D eigenvalue weighted by Gasteiger charge is 2.15. The maximum Gasteiger partial charge on any atom is 0.338 e. The molecule has 2 rings (SSSR count). The Bertz CT molecular complexity index is 862. The van der Waals surface area contributed by atoms with Gasteiger partial charge in [-0.1, -0.05) is 6.07 Å². The molecule has 3 amide bonds. The summed E-state index contributed by atoms with van der Waals surface area (Å²) >= 11 is 0. The van der Waals surface area contributed by atoms with Crippen LogP contribution in [0.25, 0.3) is 0 Å². The average Bonchev–Trinajstić information content (AvgIpc) is 2.62. The number of esters is 1. The third kappa shape index (κ3) is 5.96. The van der Waals surface area contributed by atoms with Crippen molar-refractivity contribution in [2.75, 3.05) is 22.6 Å². The number of rotatable bonds is 5. The lowest BCUT2D eigenvalue weighted by Crippen LogP contribution is -2.29. The zero-order valence-electron chi connectivity index (χ0n) is 14.9. The third-order valence-electron chi connectivity index (χ3n) is 3.30. The number of hydrogen-bond acceptors (Lipinski definition) is 5. The third-order valence-corrected chi connectivity index (χ3v) is 3.30.